The topological polar surface area (TPSA) is 17.8 Å². The Bertz CT molecular complexity index is 508. The second-order valence-electron chi connectivity index (χ2n) is 2.50. The van der Waals surface area contributed by atoms with Crippen LogP contribution in [0, 0.1) is 24.1 Å². The lowest BCUT2D eigenvalue weighted by atomic mass is 10.3. The van der Waals surface area contributed by atoms with Crippen LogP contribution in [0.4, 0.5) is 8.78 Å². The SMILES string of the molecule is C#Cn1cnc2cc(F)c(F)cc21. The number of hydrogen-bond donors (Lipinski definition) is 0. The molecule has 0 aliphatic rings. The maximum atomic E-state index is 12.8. The molecule has 0 saturated carbocycles. The molecule has 0 saturated heterocycles. The minimum Gasteiger partial charge on any atom is -0.257 e. The fourth-order valence-corrected chi connectivity index (χ4v) is 1.11. The molecule has 0 amide bonds. The van der Waals surface area contributed by atoms with Crippen molar-refractivity contribution >= 4 is 11.0 Å². The summed E-state index contributed by atoms with van der Waals surface area (Å²) in [4.78, 5) is 3.81. The van der Waals surface area contributed by atoms with E-state index in [0.717, 1.165) is 12.1 Å². The molecular formula is C9H4F2N2. The number of hydrogen-bond acceptors (Lipinski definition) is 1. The third-order valence-corrected chi connectivity index (χ3v) is 1.73. The summed E-state index contributed by atoms with van der Waals surface area (Å²) in [6.07, 6.45) is 6.44. The Kier molecular flexibility index (Phi) is 1.52. The Morgan fingerprint density at radius 3 is 2.69 bits per heavy atom. The van der Waals surface area contributed by atoms with Crippen molar-refractivity contribution in [3.8, 4) is 12.5 Å². The molecule has 4 heteroatoms. The Labute approximate surface area is 72.8 Å². The van der Waals surface area contributed by atoms with Gasteiger partial charge in [0.25, 0.3) is 0 Å². The van der Waals surface area contributed by atoms with Gasteiger partial charge < -0.3 is 0 Å². The number of aromatic nitrogens is 2. The van der Waals surface area contributed by atoms with Gasteiger partial charge in [-0.05, 0) is 0 Å². The minimum atomic E-state index is -0.926. The van der Waals surface area contributed by atoms with Crippen molar-refractivity contribution < 1.29 is 8.78 Å². The van der Waals surface area contributed by atoms with E-state index in [4.69, 9.17) is 6.42 Å². The molecule has 0 spiro atoms. The zero-order valence-electron chi connectivity index (χ0n) is 6.46. The van der Waals surface area contributed by atoms with Gasteiger partial charge in [-0.1, -0.05) is 6.42 Å². The number of benzene rings is 1. The third-order valence-electron chi connectivity index (χ3n) is 1.73. The first kappa shape index (κ1) is 7.74. The molecule has 0 aliphatic heterocycles. The molecule has 2 aromatic rings. The summed E-state index contributed by atoms with van der Waals surface area (Å²) < 4.78 is 26.7. The predicted molar refractivity (Wildman–Crippen MR) is 43.9 cm³/mol. The van der Waals surface area contributed by atoms with Gasteiger partial charge in [0.2, 0.25) is 0 Å². The fraction of sp³-hybridized carbons (Fsp3) is 0. The van der Waals surface area contributed by atoms with Crippen LogP contribution in [0.5, 0.6) is 0 Å². The van der Waals surface area contributed by atoms with Gasteiger partial charge in [-0.2, -0.15) is 0 Å². The van der Waals surface area contributed by atoms with Crippen molar-refractivity contribution in [1.29, 1.82) is 0 Å². The molecule has 2 rings (SSSR count). The Morgan fingerprint density at radius 1 is 1.31 bits per heavy atom. The number of imidazole rings is 1. The van der Waals surface area contributed by atoms with E-state index in [2.05, 4.69) is 11.0 Å². The Balaban J connectivity index is 2.86. The lowest BCUT2D eigenvalue weighted by molar-refractivity contribution is 0.510. The van der Waals surface area contributed by atoms with Gasteiger partial charge in [-0.15, -0.1) is 0 Å². The van der Waals surface area contributed by atoms with Gasteiger partial charge in [-0.25, -0.2) is 13.8 Å². The van der Waals surface area contributed by atoms with Crippen LogP contribution in [0.2, 0.25) is 0 Å². The van der Waals surface area contributed by atoms with Gasteiger partial charge in [0.15, 0.2) is 11.6 Å². The van der Waals surface area contributed by atoms with Crippen molar-refractivity contribution in [1.82, 2.24) is 9.55 Å². The predicted octanol–water partition coefficient (Wildman–Crippen LogP) is 1.75. The summed E-state index contributed by atoms with van der Waals surface area (Å²) in [7, 11) is 0. The van der Waals surface area contributed by atoms with E-state index in [1.807, 2.05) is 0 Å². The highest BCUT2D eigenvalue weighted by Crippen LogP contribution is 2.16. The molecule has 0 N–H and O–H groups in total. The van der Waals surface area contributed by atoms with Gasteiger partial charge in [-0.3, -0.25) is 4.57 Å². The van der Waals surface area contributed by atoms with Crippen molar-refractivity contribution in [2.75, 3.05) is 0 Å². The maximum Gasteiger partial charge on any atom is 0.161 e. The second-order valence-corrected chi connectivity index (χ2v) is 2.50. The molecule has 1 aromatic heterocycles. The number of halogens is 2. The first-order valence-corrected chi connectivity index (χ1v) is 3.51. The van der Waals surface area contributed by atoms with Gasteiger partial charge in [0.05, 0.1) is 11.0 Å². The van der Waals surface area contributed by atoms with E-state index >= 15 is 0 Å². The summed E-state index contributed by atoms with van der Waals surface area (Å²) in [5, 5.41) is 0. The minimum absolute atomic E-state index is 0.344. The zero-order valence-corrected chi connectivity index (χ0v) is 6.46. The Hall–Kier alpha value is -1.89. The molecule has 2 nitrogen and oxygen atoms in total. The number of fused-ring (bicyclic) bond motifs is 1. The summed E-state index contributed by atoms with van der Waals surface area (Å²) in [6, 6.07) is 4.30. The smallest absolute Gasteiger partial charge is 0.161 e. The molecule has 0 unspecified atom stereocenters. The first-order chi connectivity index (χ1) is 6.22. The number of terminal acetylenes is 1. The normalized spacial score (nSPS) is 10.2. The van der Waals surface area contributed by atoms with E-state index in [1.54, 1.807) is 0 Å². The maximum absolute atomic E-state index is 12.8. The van der Waals surface area contributed by atoms with Crippen molar-refractivity contribution in [3.05, 3.63) is 30.1 Å². The van der Waals surface area contributed by atoms with Crippen LogP contribution in [0.3, 0.4) is 0 Å². The zero-order chi connectivity index (χ0) is 9.42. The molecule has 0 fully saturated rings. The fourth-order valence-electron chi connectivity index (χ4n) is 1.11. The molecule has 1 aromatic carbocycles. The quantitative estimate of drug-likeness (QED) is 0.562. The average molecular weight is 178 g/mol. The Morgan fingerprint density at radius 2 is 2.00 bits per heavy atom. The van der Waals surface area contributed by atoms with Crippen LogP contribution in [0.15, 0.2) is 18.5 Å². The largest absolute Gasteiger partial charge is 0.257 e. The highest BCUT2D eigenvalue weighted by atomic mass is 19.2. The highest BCUT2D eigenvalue weighted by molar-refractivity contribution is 5.76. The van der Waals surface area contributed by atoms with Gasteiger partial charge in [0.1, 0.15) is 6.33 Å². The first-order valence-electron chi connectivity index (χ1n) is 3.51. The van der Waals surface area contributed by atoms with E-state index in [0.29, 0.717) is 11.0 Å². The van der Waals surface area contributed by atoms with Crippen LogP contribution in [-0.2, 0) is 0 Å². The van der Waals surface area contributed by atoms with Crippen molar-refractivity contribution in [2.45, 2.75) is 0 Å². The van der Waals surface area contributed by atoms with Crippen LogP contribution in [0.25, 0.3) is 11.0 Å². The van der Waals surface area contributed by atoms with Crippen LogP contribution in [0.1, 0.15) is 0 Å². The second kappa shape index (κ2) is 2.56. The average Bonchev–Trinajstić information content (AvgIpc) is 2.48. The van der Waals surface area contributed by atoms with Crippen LogP contribution in [-0.4, -0.2) is 9.55 Å². The highest BCUT2D eigenvalue weighted by Gasteiger charge is 2.07. The van der Waals surface area contributed by atoms with Crippen molar-refractivity contribution in [2.24, 2.45) is 0 Å². The molecule has 0 atom stereocenters. The van der Waals surface area contributed by atoms with Crippen LogP contribution >= 0.6 is 0 Å². The summed E-state index contributed by atoms with van der Waals surface area (Å²) in [5.74, 6) is -1.85. The monoisotopic (exact) mass is 178 g/mol. The summed E-state index contributed by atoms with van der Waals surface area (Å²) >= 11 is 0. The lowest BCUT2D eigenvalue weighted by Crippen LogP contribution is -1.87. The molecule has 0 aliphatic carbocycles. The van der Waals surface area contributed by atoms with E-state index in [9.17, 15) is 8.78 Å². The molecule has 64 valence electrons. The third kappa shape index (κ3) is 1.05. The lowest BCUT2D eigenvalue weighted by Gasteiger charge is -1.94. The molecular weight excluding hydrogens is 174 g/mol. The van der Waals surface area contributed by atoms with E-state index in [-0.39, 0.29) is 0 Å². The van der Waals surface area contributed by atoms with Crippen LogP contribution < -0.4 is 0 Å². The van der Waals surface area contributed by atoms with E-state index < -0.39 is 11.6 Å². The van der Waals surface area contributed by atoms with E-state index in [1.165, 1.54) is 10.9 Å². The van der Waals surface area contributed by atoms with Crippen molar-refractivity contribution in [3.63, 3.8) is 0 Å². The molecule has 1 heterocycles. The molecule has 0 bridgehead atoms. The molecule has 0 radical (unpaired) electrons. The molecule has 13 heavy (non-hydrogen) atoms. The summed E-state index contributed by atoms with van der Waals surface area (Å²) in [6.45, 7) is 0. The van der Waals surface area contributed by atoms with Gasteiger partial charge in [0, 0.05) is 18.2 Å². The standard InChI is InChI=1S/C9H4F2N2/c1-2-13-5-12-8-3-6(10)7(11)4-9(8)13/h1,3-5H. The number of rotatable bonds is 0. The van der Waals surface area contributed by atoms with Gasteiger partial charge >= 0.3 is 0 Å². The summed E-state index contributed by atoms with van der Waals surface area (Å²) in [5.41, 5.74) is 0.734. The number of nitrogens with zero attached hydrogens (tertiary/aromatic N) is 2.